The molecule has 4 heterocycles. The molecule has 0 aliphatic carbocycles. The number of nitrogens with one attached hydrogen (secondary N) is 1. The van der Waals surface area contributed by atoms with E-state index in [1.165, 1.54) is 4.52 Å². The Balaban J connectivity index is 1.47. The number of piperidine rings is 1. The lowest BCUT2D eigenvalue weighted by Crippen LogP contribution is -2.42. The second kappa shape index (κ2) is 7.06. The maximum atomic E-state index is 13.1. The molecule has 0 unspecified atom stereocenters. The number of amides is 1. The molecular formula is C17H16F3N7O. The first kappa shape index (κ1) is 18.1. The standard InChI is InChI=1S/C17H16F3N7O/c18-17(19,20)13-9-14(27-16(25-13)22-10-23-27)24-12-3-7-26(8-4-12)15(28)11-1-5-21-6-2-11/h1-2,5-6,9-10,12,24H,3-4,7-8H2. The van der Waals surface area contributed by atoms with E-state index in [0.29, 0.717) is 31.5 Å². The minimum atomic E-state index is -4.58. The fraction of sp³-hybridized carbons (Fsp3) is 0.353. The number of likely N-dealkylation sites (tertiary alicyclic amines) is 1. The fourth-order valence-electron chi connectivity index (χ4n) is 3.17. The quantitative estimate of drug-likeness (QED) is 0.737. The van der Waals surface area contributed by atoms with Gasteiger partial charge in [-0.1, -0.05) is 0 Å². The Morgan fingerprint density at radius 1 is 1.18 bits per heavy atom. The van der Waals surface area contributed by atoms with Crippen LogP contribution in [0.15, 0.2) is 36.9 Å². The van der Waals surface area contributed by atoms with Crippen molar-refractivity contribution in [2.24, 2.45) is 0 Å². The lowest BCUT2D eigenvalue weighted by Gasteiger charge is -2.33. The first-order valence-electron chi connectivity index (χ1n) is 8.65. The number of nitrogens with zero attached hydrogens (tertiary/aromatic N) is 6. The second-order valence-corrected chi connectivity index (χ2v) is 6.44. The highest BCUT2D eigenvalue weighted by atomic mass is 19.4. The van der Waals surface area contributed by atoms with E-state index in [1.54, 1.807) is 29.4 Å². The van der Waals surface area contributed by atoms with Gasteiger partial charge in [0.15, 0.2) is 5.69 Å². The maximum Gasteiger partial charge on any atom is 0.433 e. The number of pyridine rings is 1. The SMILES string of the molecule is O=C(c1ccncc1)N1CCC(Nc2cc(C(F)(F)F)nc3ncnn23)CC1. The molecule has 1 fully saturated rings. The van der Waals surface area contributed by atoms with Crippen molar-refractivity contribution in [1.82, 2.24) is 29.5 Å². The van der Waals surface area contributed by atoms with E-state index < -0.39 is 11.9 Å². The summed E-state index contributed by atoms with van der Waals surface area (Å²) >= 11 is 0. The maximum absolute atomic E-state index is 13.1. The van der Waals surface area contributed by atoms with Crippen molar-refractivity contribution in [3.8, 4) is 0 Å². The Morgan fingerprint density at radius 3 is 2.57 bits per heavy atom. The van der Waals surface area contributed by atoms with Gasteiger partial charge in [-0.2, -0.15) is 27.8 Å². The van der Waals surface area contributed by atoms with Crippen LogP contribution in [0, 0.1) is 0 Å². The van der Waals surface area contributed by atoms with Gasteiger partial charge in [0.25, 0.3) is 11.7 Å². The van der Waals surface area contributed by atoms with E-state index in [0.717, 1.165) is 12.4 Å². The summed E-state index contributed by atoms with van der Waals surface area (Å²) in [6, 6.07) is 4.14. The average Bonchev–Trinajstić information content (AvgIpc) is 3.17. The minimum Gasteiger partial charge on any atom is -0.367 e. The van der Waals surface area contributed by atoms with Crippen LogP contribution in [0.5, 0.6) is 0 Å². The van der Waals surface area contributed by atoms with Crippen LogP contribution in [0.2, 0.25) is 0 Å². The summed E-state index contributed by atoms with van der Waals surface area (Å²) in [6.45, 7) is 0.993. The Labute approximate surface area is 157 Å². The van der Waals surface area contributed by atoms with Gasteiger partial charge in [0.05, 0.1) is 0 Å². The van der Waals surface area contributed by atoms with Crippen LogP contribution < -0.4 is 5.32 Å². The van der Waals surface area contributed by atoms with Crippen LogP contribution in [0.3, 0.4) is 0 Å². The van der Waals surface area contributed by atoms with Gasteiger partial charge in [0.1, 0.15) is 12.1 Å². The molecular weight excluding hydrogens is 375 g/mol. The largest absolute Gasteiger partial charge is 0.433 e. The van der Waals surface area contributed by atoms with Crippen molar-refractivity contribution in [3.63, 3.8) is 0 Å². The number of rotatable bonds is 3. The number of hydrogen-bond donors (Lipinski definition) is 1. The molecule has 1 aliphatic heterocycles. The molecule has 3 aromatic rings. The van der Waals surface area contributed by atoms with Crippen molar-refractivity contribution in [2.75, 3.05) is 18.4 Å². The molecule has 0 atom stereocenters. The molecule has 11 heteroatoms. The van der Waals surface area contributed by atoms with Gasteiger partial charge in [-0.05, 0) is 25.0 Å². The highest BCUT2D eigenvalue weighted by Crippen LogP contribution is 2.30. The fourth-order valence-corrected chi connectivity index (χ4v) is 3.17. The van der Waals surface area contributed by atoms with Crippen LogP contribution in [0.4, 0.5) is 19.0 Å². The minimum absolute atomic E-state index is 0.0808. The highest BCUT2D eigenvalue weighted by molar-refractivity contribution is 5.94. The summed E-state index contributed by atoms with van der Waals surface area (Å²) in [7, 11) is 0. The summed E-state index contributed by atoms with van der Waals surface area (Å²) in [5, 5.41) is 7.03. The normalized spacial score (nSPS) is 15.8. The van der Waals surface area contributed by atoms with Crippen LogP contribution in [0.25, 0.3) is 5.78 Å². The first-order valence-corrected chi connectivity index (χ1v) is 8.65. The first-order chi connectivity index (χ1) is 13.4. The monoisotopic (exact) mass is 391 g/mol. The molecule has 8 nitrogen and oxygen atoms in total. The second-order valence-electron chi connectivity index (χ2n) is 6.44. The van der Waals surface area contributed by atoms with E-state index in [4.69, 9.17) is 0 Å². The number of fused-ring (bicyclic) bond motifs is 1. The molecule has 1 aliphatic rings. The highest BCUT2D eigenvalue weighted by Gasteiger charge is 2.34. The number of hydrogen-bond acceptors (Lipinski definition) is 6. The lowest BCUT2D eigenvalue weighted by molar-refractivity contribution is -0.141. The van der Waals surface area contributed by atoms with E-state index >= 15 is 0 Å². The summed E-state index contributed by atoms with van der Waals surface area (Å²) in [4.78, 5) is 25.4. The van der Waals surface area contributed by atoms with Crippen molar-refractivity contribution in [2.45, 2.75) is 25.1 Å². The van der Waals surface area contributed by atoms with Gasteiger partial charge in [0.2, 0.25) is 0 Å². The zero-order valence-electron chi connectivity index (χ0n) is 14.6. The molecule has 146 valence electrons. The molecule has 1 amide bonds. The van der Waals surface area contributed by atoms with Crippen LogP contribution >= 0.6 is 0 Å². The number of halogens is 3. The Bertz CT molecular complexity index is 981. The molecule has 4 rings (SSSR count). The van der Waals surface area contributed by atoms with Crippen molar-refractivity contribution in [3.05, 3.63) is 48.2 Å². The lowest BCUT2D eigenvalue weighted by atomic mass is 10.0. The Kier molecular flexibility index (Phi) is 4.57. The Morgan fingerprint density at radius 2 is 1.89 bits per heavy atom. The van der Waals surface area contributed by atoms with Crippen molar-refractivity contribution >= 4 is 17.5 Å². The summed E-state index contributed by atoms with van der Waals surface area (Å²) in [5.74, 6) is -0.0286. The zero-order valence-corrected chi connectivity index (χ0v) is 14.6. The molecule has 28 heavy (non-hydrogen) atoms. The van der Waals surface area contributed by atoms with Gasteiger partial charge >= 0.3 is 6.18 Å². The molecule has 1 N–H and O–H groups in total. The Hall–Kier alpha value is -3.24. The third-order valence-corrected chi connectivity index (χ3v) is 4.60. The van der Waals surface area contributed by atoms with Crippen molar-refractivity contribution < 1.29 is 18.0 Å². The average molecular weight is 391 g/mol. The number of aromatic nitrogens is 5. The third-order valence-electron chi connectivity index (χ3n) is 4.60. The molecule has 0 saturated carbocycles. The number of carbonyl (C=O) groups excluding carboxylic acids is 1. The number of anilines is 1. The number of alkyl halides is 3. The predicted molar refractivity (Wildman–Crippen MR) is 92.6 cm³/mol. The molecule has 0 spiro atoms. The molecule has 3 aromatic heterocycles. The summed E-state index contributed by atoms with van der Waals surface area (Å²) in [5.41, 5.74) is -0.463. The summed E-state index contributed by atoms with van der Waals surface area (Å²) < 4.78 is 40.5. The third kappa shape index (κ3) is 3.59. The van der Waals surface area contributed by atoms with Gasteiger partial charge in [-0.15, -0.1) is 0 Å². The molecule has 0 bridgehead atoms. The topological polar surface area (TPSA) is 88.3 Å². The van der Waals surface area contributed by atoms with Crippen LogP contribution in [-0.4, -0.2) is 54.5 Å². The van der Waals surface area contributed by atoms with E-state index in [1.807, 2.05) is 0 Å². The molecule has 1 saturated heterocycles. The molecule has 0 aromatic carbocycles. The van der Waals surface area contributed by atoms with Gasteiger partial charge in [0, 0.05) is 43.2 Å². The van der Waals surface area contributed by atoms with E-state index in [-0.39, 0.29) is 23.5 Å². The van der Waals surface area contributed by atoms with E-state index in [2.05, 4.69) is 25.4 Å². The number of carbonyl (C=O) groups is 1. The smallest absolute Gasteiger partial charge is 0.367 e. The zero-order chi connectivity index (χ0) is 19.7. The van der Waals surface area contributed by atoms with Gasteiger partial charge in [-0.25, -0.2) is 4.98 Å². The van der Waals surface area contributed by atoms with Gasteiger partial charge in [-0.3, -0.25) is 9.78 Å². The summed E-state index contributed by atoms with van der Waals surface area (Å²) in [6.07, 6.45) is 0.890. The predicted octanol–water partition coefficient (Wildman–Crippen LogP) is 2.25. The molecule has 0 radical (unpaired) electrons. The van der Waals surface area contributed by atoms with Crippen LogP contribution in [-0.2, 0) is 6.18 Å². The van der Waals surface area contributed by atoms with Crippen molar-refractivity contribution in [1.29, 1.82) is 0 Å². The van der Waals surface area contributed by atoms with Crippen LogP contribution in [0.1, 0.15) is 28.9 Å². The van der Waals surface area contributed by atoms with Gasteiger partial charge < -0.3 is 10.2 Å². The van der Waals surface area contributed by atoms with E-state index in [9.17, 15) is 18.0 Å².